The Morgan fingerprint density at radius 2 is 2.04 bits per heavy atom. The second-order valence-corrected chi connectivity index (χ2v) is 6.45. The molecule has 1 saturated heterocycles. The van der Waals surface area contributed by atoms with E-state index in [2.05, 4.69) is 15.4 Å². The molecule has 1 aliphatic rings. The number of hydrogen-bond donors (Lipinski definition) is 1. The number of hydrogen-bond acceptors (Lipinski definition) is 5. The SMILES string of the molecule is Cc1cc(C(=O)NC2CCN(C(=O)C(C)n3cncn3)CC2)c(C)o1. The van der Waals surface area contributed by atoms with E-state index in [1.165, 1.54) is 6.33 Å². The molecule has 3 rings (SSSR count). The lowest BCUT2D eigenvalue weighted by Crippen LogP contribution is -2.48. The first kappa shape index (κ1) is 17.2. The first-order valence-corrected chi connectivity index (χ1v) is 8.46. The van der Waals surface area contributed by atoms with Gasteiger partial charge in [0.25, 0.3) is 5.91 Å². The van der Waals surface area contributed by atoms with Crippen LogP contribution in [-0.2, 0) is 4.79 Å². The van der Waals surface area contributed by atoms with Gasteiger partial charge in [0, 0.05) is 19.1 Å². The molecule has 1 N–H and O–H groups in total. The van der Waals surface area contributed by atoms with Crippen molar-refractivity contribution in [1.29, 1.82) is 0 Å². The van der Waals surface area contributed by atoms with Gasteiger partial charge in [-0.15, -0.1) is 0 Å². The highest BCUT2D eigenvalue weighted by Gasteiger charge is 2.28. The molecule has 134 valence electrons. The van der Waals surface area contributed by atoms with Crippen molar-refractivity contribution < 1.29 is 14.0 Å². The minimum absolute atomic E-state index is 0.0246. The van der Waals surface area contributed by atoms with Crippen LogP contribution in [0.1, 0.15) is 47.7 Å². The monoisotopic (exact) mass is 345 g/mol. The Labute approximate surface area is 146 Å². The molecule has 2 aromatic rings. The summed E-state index contributed by atoms with van der Waals surface area (Å²) in [4.78, 5) is 30.6. The molecule has 0 saturated carbocycles. The van der Waals surface area contributed by atoms with Gasteiger partial charge in [0.1, 0.15) is 30.2 Å². The first-order chi connectivity index (χ1) is 12.0. The molecular weight excluding hydrogens is 322 g/mol. The number of amides is 2. The average molecular weight is 345 g/mol. The number of rotatable bonds is 4. The van der Waals surface area contributed by atoms with Crippen LogP contribution < -0.4 is 5.32 Å². The van der Waals surface area contributed by atoms with Gasteiger partial charge in [0.05, 0.1) is 5.56 Å². The lowest BCUT2D eigenvalue weighted by atomic mass is 10.0. The van der Waals surface area contributed by atoms with Crippen molar-refractivity contribution in [2.24, 2.45) is 0 Å². The quantitative estimate of drug-likeness (QED) is 0.906. The van der Waals surface area contributed by atoms with E-state index < -0.39 is 0 Å². The Bertz CT molecular complexity index is 744. The van der Waals surface area contributed by atoms with Gasteiger partial charge in [-0.3, -0.25) is 9.59 Å². The molecule has 1 atom stereocenters. The van der Waals surface area contributed by atoms with Crippen LogP contribution in [0.15, 0.2) is 23.1 Å². The van der Waals surface area contributed by atoms with Crippen molar-refractivity contribution in [2.75, 3.05) is 13.1 Å². The number of nitrogens with one attached hydrogen (secondary N) is 1. The maximum absolute atomic E-state index is 12.5. The van der Waals surface area contributed by atoms with E-state index in [9.17, 15) is 9.59 Å². The summed E-state index contributed by atoms with van der Waals surface area (Å²) in [5, 5.41) is 7.06. The van der Waals surface area contributed by atoms with Crippen molar-refractivity contribution in [3.05, 3.63) is 35.8 Å². The van der Waals surface area contributed by atoms with Gasteiger partial charge in [-0.1, -0.05) is 0 Å². The highest BCUT2D eigenvalue weighted by atomic mass is 16.3. The van der Waals surface area contributed by atoms with Crippen LogP contribution in [0.25, 0.3) is 0 Å². The number of aryl methyl sites for hydroxylation is 2. The van der Waals surface area contributed by atoms with Gasteiger partial charge in [-0.2, -0.15) is 5.10 Å². The Kier molecular flexibility index (Phi) is 4.87. The minimum Gasteiger partial charge on any atom is -0.466 e. The van der Waals surface area contributed by atoms with Crippen LogP contribution in [0.3, 0.4) is 0 Å². The third-order valence-corrected chi connectivity index (χ3v) is 4.62. The number of likely N-dealkylation sites (tertiary alicyclic amines) is 1. The van der Waals surface area contributed by atoms with Crippen molar-refractivity contribution >= 4 is 11.8 Å². The highest BCUT2D eigenvalue weighted by Crippen LogP contribution is 2.18. The molecule has 1 aliphatic heterocycles. The molecule has 2 aromatic heterocycles. The van der Waals surface area contributed by atoms with E-state index in [0.29, 0.717) is 24.4 Å². The lowest BCUT2D eigenvalue weighted by Gasteiger charge is -2.33. The van der Waals surface area contributed by atoms with Gasteiger partial charge in [-0.25, -0.2) is 9.67 Å². The number of piperidine rings is 1. The summed E-state index contributed by atoms with van der Waals surface area (Å²) in [6.07, 6.45) is 4.44. The molecule has 0 radical (unpaired) electrons. The van der Waals surface area contributed by atoms with Crippen LogP contribution in [0.5, 0.6) is 0 Å². The normalized spacial score (nSPS) is 16.7. The number of carbonyl (C=O) groups is 2. The van der Waals surface area contributed by atoms with E-state index >= 15 is 0 Å². The molecule has 0 bridgehead atoms. The van der Waals surface area contributed by atoms with Crippen LogP contribution in [0.2, 0.25) is 0 Å². The summed E-state index contributed by atoms with van der Waals surface area (Å²) < 4.78 is 6.96. The molecule has 8 heteroatoms. The smallest absolute Gasteiger partial charge is 0.255 e. The summed E-state index contributed by atoms with van der Waals surface area (Å²) in [5.41, 5.74) is 0.579. The molecule has 1 unspecified atom stereocenters. The summed E-state index contributed by atoms with van der Waals surface area (Å²) in [5.74, 6) is 1.26. The largest absolute Gasteiger partial charge is 0.466 e. The highest BCUT2D eigenvalue weighted by molar-refractivity contribution is 5.95. The molecule has 8 nitrogen and oxygen atoms in total. The molecule has 25 heavy (non-hydrogen) atoms. The maximum Gasteiger partial charge on any atom is 0.255 e. The van der Waals surface area contributed by atoms with E-state index in [0.717, 1.165) is 18.6 Å². The second kappa shape index (κ2) is 7.08. The molecular formula is C17H23N5O3. The standard InChI is InChI=1S/C17H23N5O3/c1-11-8-15(13(3)25-11)16(23)20-14-4-6-21(7-5-14)17(24)12(2)22-10-18-9-19-22/h8-10,12,14H,4-7H2,1-3H3,(H,20,23). The molecule has 0 aliphatic carbocycles. The average Bonchev–Trinajstić information content (AvgIpc) is 3.24. The molecule has 0 aromatic carbocycles. The van der Waals surface area contributed by atoms with E-state index in [1.807, 2.05) is 18.7 Å². The fourth-order valence-corrected chi connectivity index (χ4v) is 3.16. The molecule has 1 fully saturated rings. The molecule has 0 spiro atoms. The fourth-order valence-electron chi connectivity index (χ4n) is 3.16. The zero-order chi connectivity index (χ0) is 18.0. The minimum atomic E-state index is -0.370. The first-order valence-electron chi connectivity index (χ1n) is 8.46. The number of furan rings is 1. The Morgan fingerprint density at radius 3 is 2.60 bits per heavy atom. The predicted octanol–water partition coefficient (Wildman–Crippen LogP) is 1.47. The zero-order valence-electron chi connectivity index (χ0n) is 14.7. The summed E-state index contributed by atoms with van der Waals surface area (Å²) in [6, 6.07) is 1.45. The van der Waals surface area contributed by atoms with Gasteiger partial charge in [0.2, 0.25) is 5.91 Å². The van der Waals surface area contributed by atoms with E-state index in [-0.39, 0.29) is 23.9 Å². The van der Waals surface area contributed by atoms with Gasteiger partial charge >= 0.3 is 0 Å². The van der Waals surface area contributed by atoms with E-state index in [1.54, 1.807) is 24.0 Å². The summed E-state index contributed by atoms with van der Waals surface area (Å²) in [7, 11) is 0. The molecule has 3 heterocycles. The third-order valence-electron chi connectivity index (χ3n) is 4.62. The maximum atomic E-state index is 12.5. The second-order valence-electron chi connectivity index (χ2n) is 6.45. The van der Waals surface area contributed by atoms with Crippen molar-refractivity contribution in [3.63, 3.8) is 0 Å². The predicted molar refractivity (Wildman–Crippen MR) is 90.0 cm³/mol. The Morgan fingerprint density at radius 1 is 1.32 bits per heavy atom. The van der Waals surface area contributed by atoms with Gasteiger partial charge in [0.15, 0.2) is 0 Å². The van der Waals surface area contributed by atoms with Crippen molar-refractivity contribution in [3.8, 4) is 0 Å². The van der Waals surface area contributed by atoms with Crippen LogP contribution in [0.4, 0.5) is 0 Å². The Hall–Kier alpha value is -2.64. The van der Waals surface area contributed by atoms with Crippen molar-refractivity contribution in [2.45, 2.75) is 45.7 Å². The van der Waals surface area contributed by atoms with Crippen molar-refractivity contribution in [1.82, 2.24) is 25.0 Å². The van der Waals surface area contributed by atoms with Crippen LogP contribution in [0, 0.1) is 13.8 Å². The van der Waals surface area contributed by atoms with Gasteiger partial charge in [-0.05, 0) is 39.7 Å². The third kappa shape index (κ3) is 3.72. The fraction of sp³-hybridized carbons (Fsp3) is 0.529. The van der Waals surface area contributed by atoms with Crippen LogP contribution in [-0.4, -0.2) is 50.6 Å². The topological polar surface area (TPSA) is 93.3 Å². The Balaban J connectivity index is 1.52. The number of carbonyl (C=O) groups excluding carboxylic acids is 2. The zero-order valence-corrected chi connectivity index (χ0v) is 14.7. The number of aromatic nitrogens is 3. The van der Waals surface area contributed by atoms with Gasteiger partial charge < -0.3 is 14.6 Å². The summed E-state index contributed by atoms with van der Waals surface area (Å²) in [6.45, 7) is 6.66. The van der Waals surface area contributed by atoms with E-state index in [4.69, 9.17) is 4.42 Å². The lowest BCUT2D eigenvalue weighted by molar-refractivity contribution is -0.135. The summed E-state index contributed by atoms with van der Waals surface area (Å²) >= 11 is 0. The number of nitrogens with zero attached hydrogens (tertiary/aromatic N) is 4. The molecule has 2 amide bonds. The van der Waals surface area contributed by atoms with Crippen LogP contribution >= 0.6 is 0 Å².